The number of nitrogens with one attached hydrogen (secondary N) is 1. The molecule has 1 aliphatic heterocycles. The summed E-state index contributed by atoms with van der Waals surface area (Å²) in [7, 11) is 0. The maximum absolute atomic E-state index is 12.7. The van der Waals surface area contributed by atoms with Gasteiger partial charge in [-0.15, -0.1) is 0 Å². The van der Waals surface area contributed by atoms with Crippen LogP contribution in [0.3, 0.4) is 0 Å². The van der Waals surface area contributed by atoms with E-state index in [1.807, 2.05) is 17.0 Å². The molecule has 1 amide bonds. The number of aromatic amines is 1. The molecule has 1 saturated heterocycles. The van der Waals surface area contributed by atoms with Crippen molar-refractivity contribution in [2.75, 3.05) is 18.8 Å². The van der Waals surface area contributed by atoms with E-state index in [0.717, 1.165) is 25.1 Å². The van der Waals surface area contributed by atoms with Gasteiger partial charge in [0.2, 0.25) is 5.91 Å². The van der Waals surface area contributed by atoms with Crippen LogP contribution in [0.2, 0.25) is 0 Å². The average molecular weight is 440 g/mol. The molecule has 0 unspecified atom stereocenters. The van der Waals surface area contributed by atoms with Crippen LogP contribution in [0.5, 0.6) is 0 Å². The van der Waals surface area contributed by atoms with Gasteiger partial charge < -0.3 is 4.90 Å². The molecule has 3 heterocycles. The Morgan fingerprint density at radius 2 is 1.97 bits per heavy atom. The first kappa shape index (κ1) is 21.6. The fourth-order valence-electron chi connectivity index (χ4n) is 3.86. The van der Waals surface area contributed by atoms with Crippen LogP contribution in [0.25, 0.3) is 17.0 Å². The van der Waals surface area contributed by atoms with E-state index in [2.05, 4.69) is 54.9 Å². The zero-order valence-corrected chi connectivity index (χ0v) is 19.3. The molecule has 1 fully saturated rings. The zero-order chi connectivity index (χ0) is 22.2. The van der Waals surface area contributed by atoms with Gasteiger partial charge in [0.1, 0.15) is 0 Å². The SMILES string of the molecule is C[C@H]1CCCN(C(=O)CSc2nc(-c3ccc(C(C)(C)C)cc3)nc3cc(=O)[nH]n23)C1. The second-order valence-corrected chi connectivity index (χ2v) is 10.3. The van der Waals surface area contributed by atoms with Crippen LogP contribution >= 0.6 is 11.8 Å². The molecule has 1 atom stereocenters. The Kier molecular flexibility index (Phi) is 5.92. The molecule has 1 N–H and O–H groups in total. The Morgan fingerprint density at radius 3 is 2.65 bits per heavy atom. The lowest BCUT2D eigenvalue weighted by atomic mass is 9.87. The van der Waals surface area contributed by atoms with E-state index in [-0.39, 0.29) is 22.6 Å². The molecule has 3 aromatic rings. The molecule has 4 rings (SSSR count). The van der Waals surface area contributed by atoms with Gasteiger partial charge in [0.05, 0.1) is 5.75 Å². The summed E-state index contributed by atoms with van der Waals surface area (Å²) in [6.45, 7) is 10.3. The highest BCUT2D eigenvalue weighted by atomic mass is 32.2. The van der Waals surface area contributed by atoms with Gasteiger partial charge in [0.15, 0.2) is 16.6 Å². The van der Waals surface area contributed by atoms with Crippen molar-refractivity contribution in [1.82, 2.24) is 24.5 Å². The number of benzene rings is 1. The topological polar surface area (TPSA) is 83.4 Å². The van der Waals surface area contributed by atoms with Crippen molar-refractivity contribution in [2.24, 2.45) is 5.92 Å². The quantitative estimate of drug-likeness (QED) is 0.626. The molecule has 2 aromatic heterocycles. The second-order valence-electron chi connectivity index (χ2n) is 9.35. The minimum Gasteiger partial charge on any atom is -0.342 e. The first-order valence-corrected chi connectivity index (χ1v) is 11.7. The Labute approximate surface area is 186 Å². The molecule has 8 heteroatoms. The van der Waals surface area contributed by atoms with Crippen LogP contribution in [0.15, 0.2) is 40.3 Å². The van der Waals surface area contributed by atoms with Crippen molar-refractivity contribution in [1.29, 1.82) is 0 Å². The monoisotopic (exact) mass is 439 g/mol. The fourth-order valence-corrected chi connectivity index (χ4v) is 4.72. The predicted molar refractivity (Wildman–Crippen MR) is 123 cm³/mol. The van der Waals surface area contributed by atoms with Crippen LogP contribution in [0.4, 0.5) is 0 Å². The molecule has 0 aliphatic carbocycles. The van der Waals surface area contributed by atoms with E-state index >= 15 is 0 Å². The van der Waals surface area contributed by atoms with Crippen molar-refractivity contribution in [3.8, 4) is 11.4 Å². The number of aromatic nitrogens is 4. The molecule has 31 heavy (non-hydrogen) atoms. The van der Waals surface area contributed by atoms with E-state index in [9.17, 15) is 9.59 Å². The first-order valence-electron chi connectivity index (χ1n) is 10.7. The summed E-state index contributed by atoms with van der Waals surface area (Å²) in [6.07, 6.45) is 2.22. The summed E-state index contributed by atoms with van der Waals surface area (Å²) < 4.78 is 1.56. The first-order chi connectivity index (χ1) is 14.7. The molecule has 1 aromatic carbocycles. The molecular formula is C23H29N5O2S. The Balaban J connectivity index is 1.61. The number of hydrogen-bond donors (Lipinski definition) is 1. The summed E-state index contributed by atoms with van der Waals surface area (Å²) in [6, 6.07) is 9.63. The number of carbonyl (C=O) groups is 1. The number of fused-ring (bicyclic) bond motifs is 1. The van der Waals surface area contributed by atoms with Crippen molar-refractivity contribution in [3.63, 3.8) is 0 Å². The normalized spacial score (nSPS) is 17.3. The second kappa shape index (κ2) is 8.49. The number of piperidine rings is 1. The Morgan fingerprint density at radius 1 is 1.23 bits per heavy atom. The van der Waals surface area contributed by atoms with Crippen molar-refractivity contribution in [3.05, 3.63) is 46.2 Å². The highest BCUT2D eigenvalue weighted by Crippen LogP contribution is 2.26. The number of hydrogen-bond acceptors (Lipinski definition) is 5. The van der Waals surface area contributed by atoms with Gasteiger partial charge in [-0.25, -0.2) is 14.5 Å². The molecule has 0 saturated carbocycles. The predicted octanol–water partition coefficient (Wildman–Crippen LogP) is 3.73. The third-order valence-electron chi connectivity index (χ3n) is 5.67. The molecule has 0 bridgehead atoms. The van der Waals surface area contributed by atoms with Gasteiger partial charge in [-0.05, 0) is 29.7 Å². The molecular weight excluding hydrogens is 410 g/mol. The van der Waals surface area contributed by atoms with Gasteiger partial charge in [-0.3, -0.25) is 14.7 Å². The smallest absolute Gasteiger partial charge is 0.266 e. The van der Waals surface area contributed by atoms with Gasteiger partial charge in [0.25, 0.3) is 5.56 Å². The van der Waals surface area contributed by atoms with Gasteiger partial charge in [0, 0.05) is 24.7 Å². The lowest BCUT2D eigenvalue weighted by Crippen LogP contribution is -2.40. The van der Waals surface area contributed by atoms with Crippen molar-refractivity contribution >= 4 is 23.3 Å². The van der Waals surface area contributed by atoms with Gasteiger partial charge in [-0.1, -0.05) is 63.7 Å². The largest absolute Gasteiger partial charge is 0.342 e. The number of thioether (sulfide) groups is 1. The van der Waals surface area contributed by atoms with Gasteiger partial charge >= 0.3 is 0 Å². The van der Waals surface area contributed by atoms with Crippen molar-refractivity contribution < 1.29 is 4.79 Å². The average Bonchev–Trinajstić information content (AvgIpc) is 3.11. The van der Waals surface area contributed by atoms with E-state index in [0.29, 0.717) is 22.5 Å². The highest BCUT2D eigenvalue weighted by molar-refractivity contribution is 7.99. The third kappa shape index (κ3) is 4.84. The van der Waals surface area contributed by atoms with E-state index in [1.54, 1.807) is 4.52 Å². The fraction of sp³-hybridized carbons (Fsp3) is 0.478. The molecule has 1 aliphatic rings. The number of amides is 1. The maximum Gasteiger partial charge on any atom is 0.266 e. The minimum absolute atomic E-state index is 0.0601. The molecule has 164 valence electrons. The zero-order valence-electron chi connectivity index (χ0n) is 18.5. The standard InChI is InChI=1S/C23H29N5O2S/c1-15-6-5-11-27(13-15)20(30)14-31-22-25-21(24-18-12-19(29)26-28(18)22)16-7-9-17(10-8-16)23(2,3)4/h7-10,12,15H,5-6,11,13-14H2,1-4H3,(H,26,29)/t15-/m0/s1. The Hall–Kier alpha value is -2.61. The van der Waals surface area contributed by atoms with Crippen molar-refractivity contribution in [2.45, 2.75) is 51.1 Å². The number of likely N-dealkylation sites (tertiary alicyclic amines) is 1. The maximum atomic E-state index is 12.7. The van der Waals surface area contributed by atoms with Crippen LogP contribution in [0, 0.1) is 5.92 Å². The highest BCUT2D eigenvalue weighted by Gasteiger charge is 2.22. The summed E-state index contributed by atoms with van der Waals surface area (Å²) in [5.41, 5.74) is 2.42. The van der Waals surface area contributed by atoms with E-state index in [1.165, 1.54) is 29.8 Å². The van der Waals surface area contributed by atoms with Gasteiger partial charge in [-0.2, -0.15) is 0 Å². The third-order valence-corrected chi connectivity index (χ3v) is 6.59. The summed E-state index contributed by atoms with van der Waals surface area (Å²) in [4.78, 5) is 35.8. The van der Waals surface area contributed by atoms with E-state index < -0.39 is 0 Å². The lowest BCUT2D eigenvalue weighted by molar-refractivity contribution is -0.130. The number of rotatable bonds is 4. The lowest BCUT2D eigenvalue weighted by Gasteiger charge is -2.30. The number of H-pyrrole nitrogens is 1. The number of nitrogens with zero attached hydrogens (tertiary/aromatic N) is 4. The summed E-state index contributed by atoms with van der Waals surface area (Å²) in [5, 5.41) is 3.29. The van der Waals surface area contributed by atoms with Crippen LogP contribution in [-0.4, -0.2) is 49.2 Å². The molecule has 0 spiro atoms. The van der Waals surface area contributed by atoms with Crippen LogP contribution < -0.4 is 5.56 Å². The Bertz CT molecular complexity index is 1140. The summed E-state index contributed by atoms with van der Waals surface area (Å²) in [5.74, 6) is 1.47. The molecule has 7 nitrogen and oxygen atoms in total. The van der Waals surface area contributed by atoms with E-state index in [4.69, 9.17) is 0 Å². The minimum atomic E-state index is -0.243. The number of carbonyl (C=O) groups excluding carboxylic acids is 1. The van der Waals surface area contributed by atoms with Crippen LogP contribution in [-0.2, 0) is 10.2 Å². The summed E-state index contributed by atoms with van der Waals surface area (Å²) >= 11 is 1.33. The van der Waals surface area contributed by atoms with Crippen LogP contribution in [0.1, 0.15) is 46.1 Å². The molecule has 0 radical (unpaired) electrons.